The van der Waals surface area contributed by atoms with E-state index in [4.69, 9.17) is 16.3 Å². The van der Waals surface area contributed by atoms with Crippen LogP contribution in [0, 0.1) is 0 Å². The first-order chi connectivity index (χ1) is 13.1. The number of rotatable bonds is 6. The standard InChI is InChI=1S/C18H16ClN5O3/c19-14-4-2-1-3-13(14)17(25)22-15-11-16(24-23-15)27-18(26)21-10-7-12-5-8-20-9-6-12/h1-6,8-9,11H,7,10H2,(H,21,26)(H2,22,23,24,25). The van der Waals surface area contributed by atoms with Crippen LogP contribution in [0.15, 0.2) is 54.9 Å². The molecule has 2 heterocycles. The van der Waals surface area contributed by atoms with Crippen LogP contribution in [0.5, 0.6) is 5.88 Å². The monoisotopic (exact) mass is 385 g/mol. The van der Waals surface area contributed by atoms with Gasteiger partial charge in [0, 0.05) is 25.0 Å². The summed E-state index contributed by atoms with van der Waals surface area (Å²) in [5.74, 6) is -0.0945. The van der Waals surface area contributed by atoms with Gasteiger partial charge in [0.05, 0.1) is 10.6 Å². The van der Waals surface area contributed by atoms with Gasteiger partial charge >= 0.3 is 6.09 Å². The molecule has 0 radical (unpaired) electrons. The van der Waals surface area contributed by atoms with Crippen LogP contribution in [0.25, 0.3) is 0 Å². The van der Waals surface area contributed by atoms with Gasteiger partial charge in [-0.15, -0.1) is 5.10 Å². The Morgan fingerprint density at radius 3 is 2.70 bits per heavy atom. The molecule has 9 heteroatoms. The maximum Gasteiger partial charge on any atom is 0.414 e. The molecule has 2 amide bonds. The van der Waals surface area contributed by atoms with E-state index in [1.807, 2.05) is 12.1 Å². The van der Waals surface area contributed by atoms with Crippen molar-refractivity contribution in [2.24, 2.45) is 0 Å². The zero-order chi connectivity index (χ0) is 19.1. The van der Waals surface area contributed by atoms with Gasteiger partial charge in [-0.1, -0.05) is 23.7 Å². The van der Waals surface area contributed by atoms with Crippen molar-refractivity contribution in [3.05, 3.63) is 71.0 Å². The number of benzene rings is 1. The molecule has 138 valence electrons. The Morgan fingerprint density at radius 2 is 1.93 bits per heavy atom. The summed E-state index contributed by atoms with van der Waals surface area (Å²) in [6.45, 7) is 0.406. The lowest BCUT2D eigenvalue weighted by atomic mass is 10.2. The summed E-state index contributed by atoms with van der Waals surface area (Å²) in [6.07, 6.45) is 3.39. The molecule has 0 aliphatic carbocycles. The fraction of sp³-hybridized carbons (Fsp3) is 0.111. The number of pyridine rings is 1. The van der Waals surface area contributed by atoms with Crippen molar-refractivity contribution in [1.82, 2.24) is 20.5 Å². The molecule has 1 aromatic carbocycles. The van der Waals surface area contributed by atoms with Gasteiger partial charge in [0.15, 0.2) is 0 Å². The molecule has 3 N–H and O–H groups in total. The molecule has 0 aliphatic rings. The molecule has 0 saturated carbocycles. The lowest BCUT2D eigenvalue weighted by Crippen LogP contribution is -2.28. The van der Waals surface area contributed by atoms with Gasteiger partial charge in [0.25, 0.3) is 5.91 Å². The summed E-state index contributed by atoms with van der Waals surface area (Å²) in [4.78, 5) is 27.9. The van der Waals surface area contributed by atoms with E-state index in [1.54, 1.807) is 36.7 Å². The summed E-state index contributed by atoms with van der Waals surface area (Å²) in [5.41, 5.74) is 1.37. The van der Waals surface area contributed by atoms with Crippen LogP contribution < -0.4 is 15.4 Å². The first-order valence-corrected chi connectivity index (χ1v) is 8.45. The first kappa shape index (κ1) is 18.4. The summed E-state index contributed by atoms with van der Waals surface area (Å²) >= 11 is 5.98. The number of hydrogen-bond donors (Lipinski definition) is 3. The number of aromatic nitrogens is 3. The van der Waals surface area contributed by atoms with Crippen LogP contribution in [0.3, 0.4) is 0 Å². The molecule has 0 fully saturated rings. The van der Waals surface area contributed by atoms with E-state index in [2.05, 4.69) is 25.8 Å². The van der Waals surface area contributed by atoms with Gasteiger partial charge in [-0.05, 0) is 36.2 Å². The predicted octanol–water partition coefficient (Wildman–Crippen LogP) is 3.04. The Balaban J connectivity index is 1.48. The van der Waals surface area contributed by atoms with Crippen LogP contribution >= 0.6 is 11.6 Å². The van der Waals surface area contributed by atoms with E-state index < -0.39 is 12.0 Å². The number of nitrogens with one attached hydrogen (secondary N) is 3. The van der Waals surface area contributed by atoms with E-state index in [9.17, 15) is 9.59 Å². The summed E-state index contributed by atoms with van der Waals surface area (Å²) in [7, 11) is 0. The molecule has 0 spiro atoms. The van der Waals surface area contributed by atoms with Crippen LogP contribution in [0.2, 0.25) is 5.02 Å². The van der Waals surface area contributed by atoms with Crippen LogP contribution in [0.4, 0.5) is 10.6 Å². The van der Waals surface area contributed by atoms with Gasteiger partial charge in [-0.25, -0.2) is 4.79 Å². The lowest BCUT2D eigenvalue weighted by Gasteiger charge is -2.04. The van der Waals surface area contributed by atoms with Crippen molar-refractivity contribution in [2.45, 2.75) is 6.42 Å². The number of H-pyrrole nitrogens is 1. The fourth-order valence-electron chi connectivity index (χ4n) is 2.24. The average molecular weight is 386 g/mol. The van der Waals surface area contributed by atoms with Gasteiger partial charge < -0.3 is 15.4 Å². The minimum atomic E-state index is -0.639. The Hall–Kier alpha value is -3.39. The van der Waals surface area contributed by atoms with Crippen LogP contribution in [0.1, 0.15) is 15.9 Å². The SMILES string of the molecule is O=C(NCCc1ccncc1)Oc1cc(NC(=O)c2ccccc2Cl)[nH]n1. The van der Waals surface area contributed by atoms with E-state index in [0.29, 0.717) is 23.6 Å². The number of carbonyl (C=O) groups excluding carboxylic acids is 2. The van der Waals surface area contributed by atoms with E-state index in [-0.39, 0.29) is 11.7 Å². The third-order valence-electron chi connectivity index (χ3n) is 3.55. The van der Waals surface area contributed by atoms with Gasteiger partial charge in [0.2, 0.25) is 5.88 Å². The van der Waals surface area contributed by atoms with Crippen molar-refractivity contribution < 1.29 is 14.3 Å². The zero-order valence-corrected chi connectivity index (χ0v) is 14.9. The highest BCUT2D eigenvalue weighted by atomic mass is 35.5. The summed E-state index contributed by atoms with van der Waals surface area (Å²) < 4.78 is 5.06. The molecule has 0 aliphatic heterocycles. The molecule has 2 aromatic heterocycles. The summed E-state index contributed by atoms with van der Waals surface area (Å²) in [5, 5.41) is 12.0. The Labute approximate surface area is 159 Å². The Morgan fingerprint density at radius 1 is 1.15 bits per heavy atom. The molecular formula is C18H16ClN5O3. The molecule has 27 heavy (non-hydrogen) atoms. The number of nitrogens with zero attached hydrogens (tertiary/aromatic N) is 2. The van der Waals surface area contributed by atoms with Crippen molar-refractivity contribution in [3.8, 4) is 5.88 Å². The Bertz CT molecular complexity index is 930. The molecule has 8 nitrogen and oxygen atoms in total. The third kappa shape index (κ3) is 5.29. The second-order valence-electron chi connectivity index (χ2n) is 5.48. The van der Waals surface area contributed by atoms with E-state index in [1.165, 1.54) is 6.07 Å². The van der Waals surface area contributed by atoms with Crippen molar-refractivity contribution in [3.63, 3.8) is 0 Å². The quantitative estimate of drug-likeness (QED) is 0.604. The second kappa shape index (κ2) is 8.81. The third-order valence-corrected chi connectivity index (χ3v) is 3.88. The van der Waals surface area contributed by atoms with Crippen molar-refractivity contribution in [1.29, 1.82) is 0 Å². The molecule has 0 atom stereocenters. The minimum absolute atomic E-state index is 0.0332. The first-order valence-electron chi connectivity index (χ1n) is 8.07. The smallest absolute Gasteiger partial charge is 0.390 e. The van der Waals surface area contributed by atoms with Gasteiger partial charge in [-0.2, -0.15) is 0 Å². The largest absolute Gasteiger partial charge is 0.414 e. The normalized spacial score (nSPS) is 10.3. The number of carbonyl (C=O) groups is 2. The number of hydrogen-bond acceptors (Lipinski definition) is 5. The lowest BCUT2D eigenvalue weighted by molar-refractivity contribution is 0.102. The molecular weight excluding hydrogens is 370 g/mol. The second-order valence-corrected chi connectivity index (χ2v) is 5.88. The number of amides is 2. The molecule has 0 saturated heterocycles. The van der Waals surface area contributed by atoms with Crippen molar-refractivity contribution >= 4 is 29.4 Å². The highest BCUT2D eigenvalue weighted by Gasteiger charge is 2.13. The maximum absolute atomic E-state index is 12.2. The van der Waals surface area contributed by atoms with Crippen LogP contribution in [-0.4, -0.2) is 33.7 Å². The Kier molecular flexibility index (Phi) is 6.01. The maximum atomic E-state index is 12.2. The average Bonchev–Trinajstić information content (AvgIpc) is 3.09. The predicted molar refractivity (Wildman–Crippen MR) is 100.0 cm³/mol. The number of anilines is 1. The summed E-state index contributed by atoms with van der Waals surface area (Å²) in [6, 6.07) is 11.8. The highest BCUT2D eigenvalue weighted by molar-refractivity contribution is 6.34. The number of ether oxygens (including phenoxy) is 1. The number of halogens is 1. The topological polar surface area (TPSA) is 109 Å². The highest BCUT2D eigenvalue weighted by Crippen LogP contribution is 2.18. The fourth-order valence-corrected chi connectivity index (χ4v) is 2.47. The van der Waals surface area contributed by atoms with E-state index in [0.717, 1.165) is 5.56 Å². The zero-order valence-electron chi connectivity index (χ0n) is 14.1. The number of aromatic amines is 1. The van der Waals surface area contributed by atoms with Gasteiger partial charge in [-0.3, -0.25) is 14.9 Å². The molecule has 3 aromatic rings. The molecule has 0 unspecified atom stereocenters. The van der Waals surface area contributed by atoms with Gasteiger partial charge in [0.1, 0.15) is 5.82 Å². The minimum Gasteiger partial charge on any atom is -0.390 e. The molecule has 3 rings (SSSR count). The molecule has 0 bridgehead atoms. The van der Waals surface area contributed by atoms with E-state index >= 15 is 0 Å². The van der Waals surface area contributed by atoms with Crippen molar-refractivity contribution in [2.75, 3.05) is 11.9 Å². The van der Waals surface area contributed by atoms with Crippen LogP contribution in [-0.2, 0) is 6.42 Å².